The maximum absolute atomic E-state index is 4.66. The first-order valence-electron chi connectivity index (χ1n) is 8.54. The van der Waals surface area contributed by atoms with Gasteiger partial charge < -0.3 is 10.6 Å². The molecule has 1 atom stereocenters. The highest BCUT2D eigenvalue weighted by molar-refractivity contribution is 5.80. The third-order valence-electron chi connectivity index (χ3n) is 4.37. The number of rotatable bonds is 5. The van der Waals surface area contributed by atoms with Crippen molar-refractivity contribution < 1.29 is 0 Å². The van der Waals surface area contributed by atoms with Crippen LogP contribution >= 0.6 is 0 Å². The molecule has 0 radical (unpaired) electrons. The lowest BCUT2D eigenvalue weighted by molar-refractivity contribution is 0.854. The second kappa shape index (κ2) is 6.84. The van der Waals surface area contributed by atoms with Crippen molar-refractivity contribution in [1.82, 2.24) is 19.5 Å². The number of nitrogens with zero attached hydrogens (tertiary/aromatic N) is 4. The van der Waals surface area contributed by atoms with Gasteiger partial charge in [-0.25, -0.2) is 9.97 Å². The van der Waals surface area contributed by atoms with Crippen molar-refractivity contribution in [3.05, 3.63) is 72.7 Å². The van der Waals surface area contributed by atoms with E-state index in [1.54, 1.807) is 12.5 Å². The number of aromatic nitrogens is 4. The minimum atomic E-state index is 0.115. The van der Waals surface area contributed by atoms with Crippen LogP contribution in [-0.2, 0) is 0 Å². The van der Waals surface area contributed by atoms with Crippen LogP contribution in [0.15, 0.2) is 67.1 Å². The molecule has 0 aliphatic rings. The highest BCUT2D eigenvalue weighted by Gasteiger charge is 2.10. The Kier molecular flexibility index (Phi) is 4.23. The minimum Gasteiger partial charge on any atom is -0.388 e. The van der Waals surface area contributed by atoms with Crippen molar-refractivity contribution in [2.75, 3.05) is 17.7 Å². The Bertz CT molecular complexity index is 1020. The average Bonchev–Trinajstić information content (AvgIpc) is 3.12. The van der Waals surface area contributed by atoms with E-state index >= 15 is 0 Å². The number of hydrogen-bond acceptors (Lipinski definition) is 5. The molecular weight excluding hydrogens is 324 g/mol. The molecule has 2 N–H and O–H groups in total. The van der Waals surface area contributed by atoms with E-state index in [1.165, 1.54) is 5.56 Å². The van der Waals surface area contributed by atoms with E-state index in [0.717, 1.165) is 22.5 Å². The summed E-state index contributed by atoms with van der Waals surface area (Å²) in [4.78, 5) is 13.5. The van der Waals surface area contributed by atoms with Gasteiger partial charge in [0.25, 0.3) is 0 Å². The molecule has 2 aromatic carbocycles. The Morgan fingerprint density at radius 3 is 2.65 bits per heavy atom. The van der Waals surface area contributed by atoms with Gasteiger partial charge in [0.15, 0.2) is 0 Å². The quantitative estimate of drug-likeness (QED) is 0.572. The van der Waals surface area contributed by atoms with Gasteiger partial charge in [-0.05, 0) is 36.8 Å². The van der Waals surface area contributed by atoms with Crippen molar-refractivity contribution in [3.8, 4) is 5.82 Å². The number of hydrogen-bond donors (Lipinski definition) is 2. The van der Waals surface area contributed by atoms with Crippen LogP contribution in [-0.4, -0.2) is 26.6 Å². The topological polar surface area (TPSA) is 67.7 Å². The molecule has 4 rings (SSSR count). The summed E-state index contributed by atoms with van der Waals surface area (Å²) in [5.41, 5.74) is 4.14. The summed E-state index contributed by atoms with van der Waals surface area (Å²) in [6.07, 6.45) is 3.55. The summed E-state index contributed by atoms with van der Waals surface area (Å²) in [7, 11) is 1.90. The molecule has 0 bridgehead atoms. The first-order valence-corrected chi connectivity index (χ1v) is 8.54. The van der Waals surface area contributed by atoms with Gasteiger partial charge in [0.2, 0.25) is 5.95 Å². The highest BCUT2D eigenvalue weighted by atomic mass is 15.2. The Balaban J connectivity index is 1.64. The van der Waals surface area contributed by atoms with Gasteiger partial charge in [0.05, 0.1) is 17.1 Å². The van der Waals surface area contributed by atoms with Crippen LogP contribution in [0, 0.1) is 0 Å². The lowest BCUT2D eigenvalue weighted by Gasteiger charge is -2.14. The third kappa shape index (κ3) is 3.09. The Labute approximate surface area is 151 Å². The Hall–Kier alpha value is -3.41. The van der Waals surface area contributed by atoms with Crippen LogP contribution in [0.4, 0.5) is 11.6 Å². The van der Waals surface area contributed by atoms with E-state index in [1.807, 2.05) is 54.1 Å². The van der Waals surface area contributed by atoms with Crippen molar-refractivity contribution in [2.45, 2.75) is 13.0 Å². The molecule has 0 amide bonds. The molecule has 26 heavy (non-hydrogen) atoms. The van der Waals surface area contributed by atoms with E-state index in [0.29, 0.717) is 5.95 Å². The van der Waals surface area contributed by atoms with Crippen molar-refractivity contribution in [1.29, 1.82) is 0 Å². The van der Waals surface area contributed by atoms with Crippen molar-refractivity contribution >= 4 is 22.7 Å². The molecule has 130 valence electrons. The van der Waals surface area contributed by atoms with E-state index in [4.69, 9.17) is 0 Å². The minimum absolute atomic E-state index is 0.115. The van der Waals surface area contributed by atoms with Gasteiger partial charge >= 0.3 is 0 Å². The zero-order chi connectivity index (χ0) is 17.9. The number of imidazole rings is 1. The average molecular weight is 344 g/mol. The monoisotopic (exact) mass is 344 g/mol. The number of benzene rings is 2. The standard InChI is InChI=1S/C20H20N6/c1-14(15-6-4-3-5-7-15)24-20-22-11-10-19(25-20)26-13-23-17-12-16(21-2)8-9-18(17)26/h3-14,21H,1-2H3,(H,22,24,25)/t14-/m0/s1. The summed E-state index contributed by atoms with van der Waals surface area (Å²) in [6, 6.07) is 18.3. The van der Waals surface area contributed by atoms with Crippen LogP contribution in [0.25, 0.3) is 16.9 Å². The van der Waals surface area contributed by atoms with Crippen LogP contribution in [0.1, 0.15) is 18.5 Å². The normalized spacial score (nSPS) is 12.1. The first kappa shape index (κ1) is 16.1. The van der Waals surface area contributed by atoms with E-state index in [-0.39, 0.29) is 6.04 Å². The third-order valence-corrected chi connectivity index (χ3v) is 4.37. The zero-order valence-corrected chi connectivity index (χ0v) is 14.7. The van der Waals surface area contributed by atoms with Crippen molar-refractivity contribution in [2.24, 2.45) is 0 Å². The van der Waals surface area contributed by atoms with E-state index < -0.39 is 0 Å². The predicted octanol–water partition coefficient (Wildman–Crippen LogP) is 4.03. The maximum Gasteiger partial charge on any atom is 0.225 e. The predicted molar refractivity (Wildman–Crippen MR) is 105 cm³/mol. The van der Waals surface area contributed by atoms with Gasteiger partial charge in [-0.2, -0.15) is 4.98 Å². The molecule has 0 aliphatic carbocycles. The van der Waals surface area contributed by atoms with Crippen LogP contribution in [0.2, 0.25) is 0 Å². The SMILES string of the molecule is CNc1ccc2c(c1)ncn2-c1ccnc(N[C@@H](C)c2ccccc2)n1. The molecule has 0 unspecified atom stereocenters. The van der Waals surface area contributed by atoms with Crippen LogP contribution in [0.5, 0.6) is 0 Å². The molecule has 6 heteroatoms. The fourth-order valence-corrected chi connectivity index (χ4v) is 2.92. The summed E-state index contributed by atoms with van der Waals surface area (Å²) >= 11 is 0. The Morgan fingerprint density at radius 1 is 1.00 bits per heavy atom. The molecule has 0 spiro atoms. The largest absolute Gasteiger partial charge is 0.388 e. The summed E-state index contributed by atoms with van der Waals surface area (Å²) < 4.78 is 1.97. The summed E-state index contributed by atoms with van der Waals surface area (Å²) in [6.45, 7) is 2.09. The number of fused-ring (bicyclic) bond motifs is 1. The molecular formula is C20H20N6. The molecule has 4 aromatic rings. The van der Waals surface area contributed by atoms with Gasteiger partial charge in [0, 0.05) is 18.9 Å². The molecule has 2 aromatic heterocycles. The molecule has 0 saturated heterocycles. The number of anilines is 2. The fourth-order valence-electron chi connectivity index (χ4n) is 2.92. The van der Waals surface area contributed by atoms with E-state index in [9.17, 15) is 0 Å². The molecule has 2 heterocycles. The molecule has 0 fully saturated rings. The van der Waals surface area contributed by atoms with E-state index in [2.05, 4.69) is 44.6 Å². The summed E-state index contributed by atoms with van der Waals surface area (Å²) in [5, 5.41) is 6.49. The molecule has 6 nitrogen and oxygen atoms in total. The van der Waals surface area contributed by atoms with Crippen LogP contribution in [0.3, 0.4) is 0 Å². The fraction of sp³-hybridized carbons (Fsp3) is 0.150. The van der Waals surface area contributed by atoms with Crippen molar-refractivity contribution in [3.63, 3.8) is 0 Å². The smallest absolute Gasteiger partial charge is 0.225 e. The zero-order valence-electron chi connectivity index (χ0n) is 14.7. The maximum atomic E-state index is 4.66. The highest BCUT2D eigenvalue weighted by Crippen LogP contribution is 2.22. The lowest BCUT2D eigenvalue weighted by atomic mass is 10.1. The first-order chi connectivity index (χ1) is 12.7. The Morgan fingerprint density at radius 2 is 1.85 bits per heavy atom. The second-order valence-corrected chi connectivity index (χ2v) is 6.08. The summed E-state index contributed by atoms with van der Waals surface area (Å²) in [5.74, 6) is 1.37. The van der Waals surface area contributed by atoms with Gasteiger partial charge in [-0.15, -0.1) is 0 Å². The van der Waals surface area contributed by atoms with Gasteiger partial charge in [0.1, 0.15) is 12.1 Å². The van der Waals surface area contributed by atoms with Gasteiger partial charge in [-0.3, -0.25) is 4.57 Å². The second-order valence-electron chi connectivity index (χ2n) is 6.08. The lowest BCUT2D eigenvalue weighted by Crippen LogP contribution is -2.10. The van der Waals surface area contributed by atoms with Gasteiger partial charge in [-0.1, -0.05) is 30.3 Å². The van der Waals surface area contributed by atoms with Crippen LogP contribution < -0.4 is 10.6 Å². The molecule has 0 aliphatic heterocycles. The molecule has 0 saturated carbocycles. The number of nitrogens with one attached hydrogen (secondary N) is 2.